The van der Waals surface area contributed by atoms with Crippen LogP contribution in [-0.2, 0) is 0 Å². The number of carbonyl (C=O) groups is 1. The average molecular weight is 259 g/mol. The maximum absolute atomic E-state index is 10.8. The molecular weight excluding hydrogens is 249 g/mol. The van der Waals surface area contributed by atoms with Gasteiger partial charge in [0.2, 0.25) is 0 Å². The van der Waals surface area contributed by atoms with Crippen molar-refractivity contribution in [2.75, 3.05) is 0 Å². The minimum absolute atomic E-state index is 0.315. The van der Waals surface area contributed by atoms with Gasteiger partial charge in [-0.25, -0.2) is 0 Å². The topological polar surface area (TPSA) is 50.2 Å². The van der Waals surface area contributed by atoms with Crippen LogP contribution in [0.5, 0.6) is 0 Å². The molecule has 0 aliphatic heterocycles. The van der Waals surface area contributed by atoms with Crippen LogP contribution in [0.1, 0.15) is 10.4 Å². The van der Waals surface area contributed by atoms with Gasteiger partial charge in [-0.1, -0.05) is 0 Å². The van der Waals surface area contributed by atoms with Crippen molar-refractivity contribution in [3.05, 3.63) is 23.9 Å². The summed E-state index contributed by atoms with van der Waals surface area (Å²) in [7, 11) is 1.61. The van der Waals surface area contributed by atoms with Crippen molar-refractivity contribution >= 4 is 29.5 Å². The van der Waals surface area contributed by atoms with Gasteiger partial charge in [-0.05, 0) is 0 Å². The molecule has 1 aromatic heterocycles. The molecule has 0 radical (unpaired) electrons. The van der Waals surface area contributed by atoms with Crippen molar-refractivity contribution in [1.82, 2.24) is 4.98 Å². The van der Waals surface area contributed by atoms with E-state index in [0.717, 1.165) is 0 Å². The van der Waals surface area contributed by atoms with Crippen molar-refractivity contribution in [2.45, 2.75) is 16.4 Å². The molecule has 0 atom stereocenters. The maximum atomic E-state index is 10.8. The Labute approximate surface area is 84.8 Å². The average Bonchev–Trinajstić information content (AvgIpc) is 2.03. The second kappa shape index (κ2) is 4.68. The van der Waals surface area contributed by atoms with Gasteiger partial charge in [-0.3, -0.25) is 0 Å². The first-order valence-corrected chi connectivity index (χ1v) is 10.5. The van der Waals surface area contributed by atoms with Gasteiger partial charge in [0.15, 0.2) is 0 Å². The van der Waals surface area contributed by atoms with E-state index in [4.69, 9.17) is 5.11 Å². The Kier molecular flexibility index (Phi) is 3.82. The van der Waals surface area contributed by atoms with Gasteiger partial charge < -0.3 is 0 Å². The number of aromatic carboxylic acids is 1. The first kappa shape index (κ1) is 10.6. The van der Waals surface area contributed by atoms with Crippen LogP contribution in [0.25, 0.3) is 0 Å². The van der Waals surface area contributed by atoms with Crippen molar-refractivity contribution in [2.24, 2.45) is 0 Å². The molecule has 0 fully saturated rings. The molecule has 0 aliphatic rings. The molecule has 5 heteroatoms. The van der Waals surface area contributed by atoms with Gasteiger partial charge in [0.1, 0.15) is 0 Å². The molecule has 1 aromatic rings. The van der Waals surface area contributed by atoms with E-state index in [0.29, 0.717) is 10.6 Å². The van der Waals surface area contributed by atoms with Crippen LogP contribution in [0.4, 0.5) is 0 Å². The molecular formula is C8H10AsNO2S. The third-order valence-corrected chi connectivity index (χ3v) is 5.52. The van der Waals surface area contributed by atoms with Gasteiger partial charge >= 0.3 is 84.7 Å². The standard InChI is InChI=1S/C8H10AsNO2S/c1-9(2)13-7-6(8(11)12)4-3-5-10-7/h3-5H,1-2H3,(H,11,12). The molecule has 1 rings (SSSR count). The molecule has 0 saturated carbocycles. The Hall–Kier alpha value is -0.472. The van der Waals surface area contributed by atoms with Crippen LogP contribution in [-0.4, -0.2) is 29.6 Å². The van der Waals surface area contributed by atoms with E-state index in [-0.39, 0.29) is 0 Å². The van der Waals surface area contributed by atoms with Crippen LogP contribution in [0.3, 0.4) is 0 Å². The quantitative estimate of drug-likeness (QED) is 0.845. The first-order chi connectivity index (χ1) is 6.11. The third-order valence-electron chi connectivity index (χ3n) is 1.27. The number of hydrogen-bond acceptors (Lipinski definition) is 3. The number of rotatable bonds is 3. The molecule has 13 heavy (non-hydrogen) atoms. The molecule has 0 amide bonds. The van der Waals surface area contributed by atoms with Gasteiger partial charge in [-0.15, -0.1) is 0 Å². The van der Waals surface area contributed by atoms with E-state index >= 15 is 0 Å². The Bertz CT molecular complexity index is 317. The Morgan fingerprint density at radius 1 is 1.62 bits per heavy atom. The number of carboxylic acid groups (broad SMARTS) is 1. The van der Waals surface area contributed by atoms with E-state index in [9.17, 15) is 4.79 Å². The summed E-state index contributed by atoms with van der Waals surface area (Å²) in [5.41, 5.74) is 4.62. The molecule has 0 unspecified atom stereocenters. The van der Waals surface area contributed by atoms with Gasteiger partial charge in [0, 0.05) is 0 Å². The molecule has 70 valence electrons. The second-order valence-corrected chi connectivity index (χ2v) is 11.5. The molecule has 1 heterocycles. The fourth-order valence-electron chi connectivity index (χ4n) is 0.799. The zero-order valence-corrected chi connectivity index (χ0v) is 10.1. The van der Waals surface area contributed by atoms with Crippen LogP contribution in [0, 0.1) is 0 Å². The van der Waals surface area contributed by atoms with Crippen molar-refractivity contribution in [1.29, 1.82) is 0 Å². The van der Waals surface area contributed by atoms with E-state index in [2.05, 4.69) is 16.4 Å². The van der Waals surface area contributed by atoms with E-state index in [1.54, 1.807) is 28.4 Å². The number of carboxylic acids is 1. The number of nitrogens with zero attached hydrogens (tertiary/aromatic N) is 1. The molecule has 0 aromatic carbocycles. The third kappa shape index (κ3) is 3.05. The van der Waals surface area contributed by atoms with Crippen LogP contribution < -0.4 is 0 Å². The van der Waals surface area contributed by atoms with E-state index in [1.807, 2.05) is 0 Å². The summed E-state index contributed by atoms with van der Waals surface area (Å²) in [6.07, 6.45) is 1.63. The molecule has 3 nitrogen and oxygen atoms in total. The Morgan fingerprint density at radius 3 is 2.85 bits per heavy atom. The summed E-state index contributed by atoms with van der Waals surface area (Å²) in [5, 5.41) is 9.49. The van der Waals surface area contributed by atoms with Crippen LogP contribution >= 0.6 is 10.0 Å². The van der Waals surface area contributed by atoms with Gasteiger partial charge in [0.05, 0.1) is 0 Å². The molecule has 0 saturated heterocycles. The summed E-state index contributed by atoms with van der Waals surface area (Å²) in [6.45, 7) is 0. The zero-order chi connectivity index (χ0) is 9.84. The second-order valence-electron chi connectivity index (χ2n) is 2.56. The predicted molar refractivity (Wildman–Crippen MR) is 54.5 cm³/mol. The molecule has 0 spiro atoms. The first-order valence-electron chi connectivity index (χ1n) is 3.65. The summed E-state index contributed by atoms with van der Waals surface area (Å²) in [5.74, 6) is -0.897. The molecule has 0 bridgehead atoms. The number of pyridine rings is 1. The van der Waals surface area contributed by atoms with Crippen LogP contribution in [0.2, 0.25) is 11.4 Å². The monoisotopic (exact) mass is 259 g/mol. The Morgan fingerprint density at radius 2 is 2.31 bits per heavy atom. The summed E-state index contributed by atoms with van der Waals surface area (Å²) in [4.78, 5) is 14.8. The van der Waals surface area contributed by atoms with Gasteiger partial charge in [0.25, 0.3) is 0 Å². The van der Waals surface area contributed by atoms with Crippen LogP contribution in [0.15, 0.2) is 23.4 Å². The summed E-state index contributed by atoms with van der Waals surface area (Å²) >= 11 is -0.936. The SMILES string of the molecule is C[As](C)Sc1ncccc1C(=O)O. The fourth-order valence-corrected chi connectivity index (χ4v) is 4.60. The van der Waals surface area contributed by atoms with Crippen molar-refractivity contribution in [3.8, 4) is 0 Å². The molecule has 0 aliphatic carbocycles. The zero-order valence-electron chi connectivity index (χ0n) is 7.39. The fraction of sp³-hybridized carbons (Fsp3) is 0.250. The summed E-state index contributed by atoms with van der Waals surface area (Å²) in [6, 6.07) is 3.24. The van der Waals surface area contributed by atoms with Crippen molar-refractivity contribution < 1.29 is 9.90 Å². The minimum atomic E-state index is -0.936. The van der Waals surface area contributed by atoms with Crippen molar-refractivity contribution in [3.63, 3.8) is 0 Å². The number of hydrogen-bond donors (Lipinski definition) is 1. The van der Waals surface area contributed by atoms with E-state index < -0.39 is 19.5 Å². The van der Waals surface area contributed by atoms with E-state index in [1.165, 1.54) is 0 Å². The normalized spacial score (nSPS) is 10.4. The number of aromatic nitrogens is 1. The van der Waals surface area contributed by atoms with Gasteiger partial charge in [-0.2, -0.15) is 0 Å². The Balaban J connectivity index is 2.98. The predicted octanol–water partition coefficient (Wildman–Crippen LogP) is 2.12. The summed E-state index contributed by atoms with van der Waals surface area (Å²) < 4.78 is 0. The molecule has 1 N–H and O–H groups in total.